The van der Waals surface area contributed by atoms with Crippen molar-refractivity contribution < 1.29 is 22.7 Å². The summed E-state index contributed by atoms with van der Waals surface area (Å²) in [4.78, 5) is 18.2. The number of halogens is 3. The van der Waals surface area contributed by atoms with Gasteiger partial charge in [-0.1, -0.05) is 24.3 Å². The highest BCUT2D eigenvalue weighted by Crippen LogP contribution is 2.30. The number of hydrogen-bond donors (Lipinski definition) is 1. The van der Waals surface area contributed by atoms with Gasteiger partial charge >= 0.3 is 6.18 Å². The van der Waals surface area contributed by atoms with Gasteiger partial charge in [-0.25, -0.2) is 4.98 Å². The third-order valence-corrected chi connectivity index (χ3v) is 4.45. The molecule has 162 valence electrons. The number of rotatable bonds is 7. The molecule has 0 aliphatic rings. The predicted molar refractivity (Wildman–Crippen MR) is 111 cm³/mol. The average molecular weight is 429 g/mol. The molecule has 2 aromatic carbocycles. The van der Waals surface area contributed by atoms with Gasteiger partial charge in [0.2, 0.25) is 5.88 Å². The van der Waals surface area contributed by atoms with E-state index >= 15 is 0 Å². The van der Waals surface area contributed by atoms with Gasteiger partial charge in [-0.2, -0.15) is 13.2 Å². The molecule has 0 aliphatic carbocycles. The monoisotopic (exact) mass is 429 g/mol. The Hall–Kier alpha value is -3.39. The van der Waals surface area contributed by atoms with E-state index in [2.05, 4.69) is 15.2 Å². The minimum Gasteiger partial charge on any atom is -0.439 e. The van der Waals surface area contributed by atoms with Crippen molar-refractivity contribution in [2.75, 3.05) is 14.1 Å². The molecule has 8 heteroatoms. The number of pyridine rings is 1. The maximum atomic E-state index is 12.6. The molecule has 1 aromatic heterocycles. The molecule has 3 rings (SSSR count). The number of benzene rings is 2. The lowest BCUT2D eigenvalue weighted by Crippen LogP contribution is -2.24. The zero-order valence-electron chi connectivity index (χ0n) is 17.1. The quantitative estimate of drug-likeness (QED) is 0.581. The van der Waals surface area contributed by atoms with Crippen molar-refractivity contribution >= 4 is 5.91 Å². The molecule has 0 aliphatic heterocycles. The van der Waals surface area contributed by atoms with E-state index in [1.165, 1.54) is 0 Å². The summed E-state index contributed by atoms with van der Waals surface area (Å²) in [7, 11) is 3.97. The van der Waals surface area contributed by atoms with Crippen molar-refractivity contribution in [2.24, 2.45) is 0 Å². The zero-order valence-corrected chi connectivity index (χ0v) is 17.1. The molecule has 1 amide bonds. The van der Waals surface area contributed by atoms with Crippen LogP contribution in [-0.2, 0) is 19.3 Å². The van der Waals surface area contributed by atoms with Gasteiger partial charge in [0.15, 0.2) is 0 Å². The Morgan fingerprint density at radius 1 is 1.00 bits per heavy atom. The van der Waals surface area contributed by atoms with Crippen LogP contribution in [0.2, 0.25) is 0 Å². The van der Waals surface area contributed by atoms with Crippen molar-refractivity contribution in [1.82, 2.24) is 15.2 Å². The van der Waals surface area contributed by atoms with Crippen LogP contribution < -0.4 is 10.1 Å². The normalized spacial score (nSPS) is 11.4. The minimum absolute atomic E-state index is 0.0303. The molecular formula is C23H22F3N3O2. The van der Waals surface area contributed by atoms with E-state index in [1.54, 1.807) is 24.3 Å². The van der Waals surface area contributed by atoms with E-state index in [0.717, 1.165) is 29.8 Å². The number of carbonyl (C=O) groups is 1. The molecule has 0 saturated carbocycles. The lowest BCUT2D eigenvalue weighted by Gasteiger charge is -2.14. The topological polar surface area (TPSA) is 54.5 Å². The van der Waals surface area contributed by atoms with Gasteiger partial charge in [0.05, 0.1) is 5.56 Å². The lowest BCUT2D eigenvalue weighted by molar-refractivity contribution is -0.137. The maximum absolute atomic E-state index is 12.6. The first-order valence-corrected chi connectivity index (χ1v) is 9.53. The second-order valence-electron chi connectivity index (χ2n) is 7.20. The Kier molecular flexibility index (Phi) is 6.91. The number of nitrogens with zero attached hydrogens (tertiary/aromatic N) is 2. The Morgan fingerprint density at radius 2 is 1.68 bits per heavy atom. The van der Waals surface area contributed by atoms with E-state index in [9.17, 15) is 18.0 Å². The Morgan fingerprint density at radius 3 is 2.26 bits per heavy atom. The lowest BCUT2D eigenvalue weighted by atomic mass is 10.1. The van der Waals surface area contributed by atoms with Crippen LogP contribution in [0.4, 0.5) is 13.2 Å². The molecule has 31 heavy (non-hydrogen) atoms. The number of nitrogens with one attached hydrogen (secondary N) is 1. The first-order valence-electron chi connectivity index (χ1n) is 9.53. The summed E-state index contributed by atoms with van der Waals surface area (Å²) in [6.07, 6.45) is -3.74. The van der Waals surface area contributed by atoms with Crippen LogP contribution in [0.1, 0.15) is 27.0 Å². The van der Waals surface area contributed by atoms with Gasteiger partial charge < -0.3 is 15.0 Å². The van der Waals surface area contributed by atoms with Gasteiger partial charge in [0.1, 0.15) is 5.75 Å². The van der Waals surface area contributed by atoms with Crippen molar-refractivity contribution in [3.05, 3.63) is 89.1 Å². The fraction of sp³-hybridized carbons (Fsp3) is 0.217. The summed E-state index contributed by atoms with van der Waals surface area (Å²) in [5, 5.41) is 2.90. The van der Waals surface area contributed by atoms with Crippen molar-refractivity contribution in [2.45, 2.75) is 19.3 Å². The first kappa shape index (κ1) is 22.3. The van der Waals surface area contributed by atoms with Crippen LogP contribution in [0.15, 0.2) is 66.9 Å². The standard InChI is InChI=1S/C23H22F3N3O2/c1-29(2)15-18-6-4-3-5-17(18)13-28-22(30)16-7-10-20(11-8-16)31-21-12-9-19(14-27-21)23(24,25)26/h3-12,14H,13,15H2,1-2H3,(H,28,30). The largest absolute Gasteiger partial charge is 0.439 e. The van der Waals surface area contributed by atoms with Crippen LogP contribution in [0, 0.1) is 0 Å². The van der Waals surface area contributed by atoms with E-state index in [4.69, 9.17) is 4.74 Å². The van der Waals surface area contributed by atoms with Crippen LogP contribution in [-0.4, -0.2) is 29.9 Å². The van der Waals surface area contributed by atoms with Crippen LogP contribution in [0.25, 0.3) is 0 Å². The zero-order chi connectivity index (χ0) is 22.4. The van der Waals surface area contributed by atoms with E-state index < -0.39 is 11.7 Å². The molecule has 3 aromatic rings. The second-order valence-corrected chi connectivity index (χ2v) is 7.20. The summed E-state index contributed by atoms with van der Waals surface area (Å²) in [5.74, 6) is 0.154. The predicted octanol–water partition coefficient (Wildman–Crippen LogP) is 4.88. The van der Waals surface area contributed by atoms with Gasteiger partial charge in [-0.3, -0.25) is 4.79 Å². The number of alkyl halides is 3. The third kappa shape index (κ3) is 6.29. The fourth-order valence-electron chi connectivity index (χ4n) is 2.91. The molecule has 0 bridgehead atoms. The average Bonchev–Trinajstić information content (AvgIpc) is 2.73. The fourth-order valence-corrected chi connectivity index (χ4v) is 2.91. The summed E-state index contributed by atoms with van der Waals surface area (Å²) in [5.41, 5.74) is 1.77. The highest BCUT2D eigenvalue weighted by molar-refractivity contribution is 5.94. The highest BCUT2D eigenvalue weighted by Gasteiger charge is 2.30. The Labute approximate surface area is 178 Å². The maximum Gasteiger partial charge on any atom is 0.417 e. The summed E-state index contributed by atoms with van der Waals surface area (Å²) in [6.45, 7) is 1.17. The second kappa shape index (κ2) is 9.61. The Balaban J connectivity index is 1.59. The Bertz CT molecular complexity index is 1020. The van der Waals surface area contributed by atoms with E-state index in [-0.39, 0.29) is 11.8 Å². The van der Waals surface area contributed by atoms with Gasteiger partial charge in [0, 0.05) is 30.9 Å². The highest BCUT2D eigenvalue weighted by atomic mass is 19.4. The van der Waals surface area contributed by atoms with Gasteiger partial charge in [0.25, 0.3) is 5.91 Å². The molecule has 0 radical (unpaired) electrons. The first-order chi connectivity index (χ1) is 14.7. The molecule has 0 unspecified atom stereocenters. The molecular weight excluding hydrogens is 407 g/mol. The molecule has 0 atom stereocenters. The number of aromatic nitrogens is 1. The summed E-state index contributed by atoms with van der Waals surface area (Å²) < 4.78 is 43.2. The molecule has 0 saturated heterocycles. The third-order valence-electron chi connectivity index (χ3n) is 4.45. The van der Waals surface area contributed by atoms with Crippen LogP contribution in [0.5, 0.6) is 11.6 Å². The summed E-state index contributed by atoms with van der Waals surface area (Å²) in [6, 6.07) is 16.3. The van der Waals surface area contributed by atoms with Crippen LogP contribution >= 0.6 is 0 Å². The molecule has 0 fully saturated rings. The van der Waals surface area contributed by atoms with Crippen molar-refractivity contribution in [1.29, 1.82) is 0 Å². The number of amides is 1. The molecule has 1 N–H and O–H groups in total. The minimum atomic E-state index is -4.45. The molecule has 1 heterocycles. The van der Waals surface area contributed by atoms with Gasteiger partial charge in [-0.05, 0) is 55.6 Å². The van der Waals surface area contributed by atoms with Crippen molar-refractivity contribution in [3.63, 3.8) is 0 Å². The number of hydrogen-bond acceptors (Lipinski definition) is 4. The number of carbonyl (C=O) groups excluding carboxylic acids is 1. The van der Waals surface area contributed by atoms with E-state index in [0.29, 0.717) is 24.1 Å². The molecule has 5 nitrogen and oxygen atoms in total. The smallest absolute Gasteiger partial charge is 0.417 e. The molecule has 0 spiro atoms. The van der Waals surface area contributed by atoms with E-state index in [1.807, 2.05) is 38.4 Å². The van der Waals surface area contributed by atoms with Gasteiger partial charge in [-0.15, -0.1) is 0 Å². The van der Waals surface area contributed by atoms with Crippen LogP contribution in [0.3, 0.4) is 0 Å². The summed E-state index contributed by atoms with van der Waals surface area (Å²) >= 11 is 0. The SMILES string of the molecule is CN(C)Cc1ccccc1CNC(=O)c1ccc(Oc2ccc(C(F)(F)F)cn2)cc1. The van der Waals surface area contributed by atoms with Crippen molar-refractivity contribution in [3.8, 4) is 11.6 Å². The number of ether oxygens (including phenoxy) is 1.